The molecule has 0 amide bonds. The Kier molecular flexibility index (Phi) is 6.83. The third-order valence-corrected chi connectivity index (χ3v) is 7.67. The molecular weight excluding hydrogens is 504 g/mol. The van der Waals surface area contributed by atoms with E-state index in [1.54, 1.807) is 23.0 Å². The number of nitriles is 1. The molecule has 192 valence electrons. The van der Waals surface area contributed by atoms with Gasteiger partial charge in [0.25, 0.3) is 0 Å². The quantitative estimate of drug-likeness (QED) is 0.363. The van der Waals surface area contributed by atoms with Gasteiger partial charge in [-0.15, -0.1) is 6.42 Å². The number of rotatable bonds is 7. The Hall–Kier alpha value is -4.65. The first-order valence-corrected chi connectivity index (χ1v) is 13.3. The van der Waals surface area contributed by atoms with Crippen molar-refractivity contribution in [3.05, 3.63) is 66.4 Å². The van der Waals surface area contributed by atoms with Crippen LogP contribution in [0.5, 0.6) is 5.75 Å². The molecule has 1 fully saturated rings. The van der Waals surface area contributed by atoms with Crippen LogP contribution in [0.2, 0.25) is 0 Å². The molecule has 0 spiro atoms. The molecule has 38 heavy (non-hydrogen) atoms. The molecule has 12 heteroatoms. The van der Waals surface area contributed by atoms with E-state index in [0.29, 0.717) is 60.9 Å². The molecule has 1 saturated heterocycles. The summed E-state index contributed by atoms with van der Waals surface area (Å²) in [5.74, 6) is 3.81. The maximum atomic E-state index is 12.9. The monoisotopic (exact) mass is 528 g/mol. The Bertz CT molecular complexity index is 1660. The predicted octanol–water partition coefficient (Wildman–Crippen LogP) is 2.52. The molecule has 1 aliphatic rings. The van der Waals surface area contributed by atoms with Gasteiger partial charge in [-0.2, -0.15) is 23.1 Å². The smallest absolute Gasteiger partial charge is 0.301 e. The first-order chi connectivity index (χ1) is 18.4. The molecule has 0 saturated carbocycles. The van der Waals surface area contributed by atoms with Gasteiger partial charge < -0.3 is 9.64 Å². The van der Waals surface area contributed by atoms with Gasteiger partial charge in [-0.05, 0) is 31.2 Å². The van der Waals surface area contributed by atoms with Crippen LogP contribution in [-0.2, 0) is 10.2 Å². The number of terminal acetylenes is 1. The van der Waals surface area contributed by atoms with E-state index in [1.807, 2.05) is 30.0 Å². The summed E-state index contributed by atoms with van der Waals surface area (Å²) in [5.41, 5.74) is 3.55. The molecule has 0 bridgehead atoms. The maximum absolute atomic E-state index is 12.9. The topological polar surface area (TPSA) is 129 Å². The molecule has 4 aromatic heterocycles. The zero-order chi connectivity index (χ0) is 26.7. The second-order valence-corrected chi connectivity index (χ2v) is 10.2. The van der Waals surface area contributed by atoms with Gasteiger partial charge in [-0.3, -0.25) is 9.71 Å². The lowest BCUT2D eigenvalue weighted by atomic mass is 10.1. The molecule has 5 heterocycles. The van der Waals surface area contributed by atoms with Crippen molar-refractivity contribution in [2.24, 2.45) is 0 Å². The SMILES string of the molecule is C#Cc1cncc(NS(=O)(=O)N2CCN(c3ccc(-c4cc(OCC)cn5ncc(C#N)c45)cn3)CC2)c1. The molecule has 0 aromatic carbocycles. The fourth-order valence-corrected chi connectivity index (χ4v) is 5.51. The van der Waals surface area contributed by atoms with Gasteiger partial charge in [0, 0.05) is 55.3 Å². The molecule has 1 N–H and O–H groups in total. The summed E-state index contributed by atoms with van der Waals surface area (Å²) in [6.45, 7) is 3.93. The molecular formula is C26H24N8O3S. The van der Waals surface area contributed by atoms with E-state index in [9.17, 15) is 13.7 Å². The second kappa shape index (κ2) is 10.4. The van der Waals surface area contributed by atoms with Crippen molar-refractivity contribution in [2.75, 3.05) is 42.4 Å². The van der Waals surface area contributed by atoms with Gasteiger partial charge in [0.15, 0.2) is 0 Å². The van der Waals surface area contributed by atoms with Gasteiger partial charge in [0.1, 0.15) is 17.6 Å². The van der Waals surface area contributed by atoms with Crippen molar-refractivity contribution < 1.29 is 13.2 Å². The third kappa shape index (κ3) is 4.95. The number of ether oxygens (including phenoxy) is 1. The van der Waals surface area contributed by atoms with E-state index in [1.165, 1.54) is 22.9 Å². The highest BCUT2D eigenvalue weighted by Crippen LogP contribution is 2.31. The van der Waals surface area contributed by atoms with Crippen LogP contribution in [0.25, 0.3) is 16.6 Å². The third-order valence-electron chi connectivity index (χ3n) is 6.13. The van der Waals surface area contributed by atoms with E-state index in [2.05, 4.69) is 31.8 Å². The van der Waals surface area contributed by atoms with Gasteiger partial charge in [0.05, 0.1) is 42.0 Å². The lowest BCUT2D eigenvalue weighted by Gasteiger charge is -2.34. The number of pyridine rings is 3. The van der Waals surface area contributed by atoms with Gasteiger partial charge >= 0.3 is 10.2 Å². The summed E-state index contributed by atoms with van der Waals surface area (Å²) in [6, 6.07) is 9.45. The minimum atomic E-state index is -3.76. The molecule has 0 atom stereocenters. The average Bonchev–Trinajstić information content (AvgIpc) is 3.36. The summed E-state index contributed by atoms with van der Waals surface area (Å²) < 4.78 is 37.0. The van der Waals surface area contributed by atoms with Crippen LogP contribution in [0, 0.1) is 23.7 Å². The zero-order valence-electron chi connectivity index (χ0n) is 20.6. The Labute approximate surface area is 220 Å². The molecule has 0 aliphatic carbocycles. The van der Waals surface area contributed by atoms with Crippen molar-refractivity contribution in [3.63, 3.8) is 0 Å². The lowest BCUT2D eigenvalue weighted by Crippen LogP contribution is -2.50. The molecule has 1 aliphatic heterocycles. The van der Waals surface area contributed by atoms with Crippen molar-refractivity contribution in [1.82, 2.24) is 23.9 Å². The Morgan fingerprint density at radius 3 is 2.63 bits per heavy atom. The Balaban J connectivity index is 1.31. The normalized spacial score (nSPS) is 14.1. The van der Waals surface area contributed by atoms with Gasteiger partial charge in [-0.1, -0.05) is 5.92 Å². The summed E-state index contributed by atoms with van der Waals surface area (Å²) in [7, 11) is -3.76. The second-order valence-electron chi connectivity index (χ2n) is 8.49. The average molecular weight is 529 g/mol. The minimum absolute atomic E-state index is 0.291. The summed E-state index contributed by atoms with van der Waals surface area (Å²) >= 11 is 0. The van der Waals surface area contributed by atoms with Crippen LogP contribution in [0.4, 0.5) is 11.5 Å². The van der Waals surface area contributed by atoms with Crippen LogP contribution in [-0.4, -0.2) is 65.1 Å². The predicted molar refractivity (Wildman–Crippen MR) is 143 cm³/mol. The van der Waals surface area contributed by atoms with Crippen LogP contribution in [0.3, 0.4) is 0 Å². The highest BCUT2D eigenvalue weighted by molar-refractivity contribution is 7.90. The van der Waals surface area contributed by atoms with Crippen LogP contribution in [0.15, 0.2) is 55.2 Å². The number of anilines is 2. The number of hydrogen-bond donors (Lipinski definition) is 1. The van der Waals surface area contributed by atoms with Crippen molar-refractivity contribution in [2.45, 2.75) is 6.92 Å². The lowest BCUT2D eigenvalue weighted by molar-refractivity contribution is 0.338. The fourth-order valence-electron chi connectivity index (χ4n) is 4.32. The van der Waals surface area contributed by atoms with Crippen molar-refractivity contribution >= 4 is 27.2 Å². The molecule has 0 radical (unpaired) electrons. The fraction of sp³-hybridized carbons (Fsp3) is 0.231. The first kappa shape index (κ1) is 25.0. The number of nitrogens with one attached hydrogen (secondary N) is 1. The van der Waals surface area contributed by atoms with Crippen LogP contribution >= 0.6 is 0 Å². The standard InChI is InChI=1S/C26H24N8O3S/c1-3-19-11-22(17-28-14-19)31-38(35,36)33-9-7-32(8-10-33)25-6-5-20(15-29-25)24-12-23(37-4-2)18-34-26(24)21(13-27)16-30-34/h1,5-6,11-12,14-18,31H,4,7-10H2,2H3. The van der Waals surface area contributed by atoms with Crippen molar-refractivity contribution in [1.29, 1.82) is 5.26 Å². The Morgan fingerprint density at radius 1 is 1.13 bits per heavy atom. The number of hydrogen-bond acceptors (Lipinski definition) is 8. The number of aromatic nitrogens is 4. The summed E-state index contributed by atoms with van der Waals surface area (Å²) in [4.78, 5) is 10.6. The minimum Gasteiger partial charge on any atom is -0.492 e. The number of fused-ring (bicyclic) bond motifs is 1. The molecule has 11 nitrogen and oxygen atoms in total. The number of nitrogens with zero attached hydrogens (tertiary/aromatic N) is 7. The molecule has 4 aromatic rings. The summed E-state index contributed by atoms with van der Waals surface area (Å²) in [5, 5.41) is 13.8. The van der Waals surface area contributed by atoms with E-state index in [-0.39, 0.29) is 0 Å². The zero-order valence-corrected chi connectivity index (χ0v) is 21.4. The highest BCUT2D eigenvalue weighted by Gasteiger charge is 2.27. The highest BCUT2D eigenvalue weighted by atomic mass is 32.2. The van der Waals surface area contributed by atoms with E-state index in [0.717, 1.165) is 16.9 Å². The Morgan fingerprint density at radius 2 is 1.95 bits per heavy atom. The van der Waals surface area contributed by atoms with Crippen LogP contribution < -0.4 is 14.4 Å². The van der Waals surface area contributed by atoms with E-state index in [4.69, 9.17) is 11.2 Å². The maximum Gasteiger partial charge on any atom is 0.301 e. The van der Waals surface area contributed by atoms with E-state index < -0.39 is 10.2 Å². The van der Waals surface area contributed by atoms with Crippen molar-refractivity contribution in [3.8, 4) is 35.3 Å². The molecule has 0 unspecified atom stereocenters. The largest absolute Gasteiger partial charge is 0.492 e. The van der Waals surface area contributed by atoms with Gasteiger partial charge in [0.2, 0.25) is 0 Å². The summed E-state index contributed by atoms with van der Waals surface area (Å²) in [6.07, 6.45) is 13.3. The first-order valence-electron chi connectivity index (χ1n) is 11.9. The van der Waals surface area contributed by atoms with E-state index >= 15 is 0 Å². The molecule has 5 rings (SSSR count). The van der Waals surface area contributed by atoms with Crippen LogP contribution in [0.1, 0.15) is 18.1 Å². The number of piperazine rings is 1. The van der Waals surface area contributed by atoms with Gasteiger partial charge in [-0.25, -0.2) is 9.50 Å².